The highest BCUT2D eigenvalue weighted by atomic mass is 16.5. The number of aromatic nitrogens is 2. The van der Waals surface area contributed by atoms with Crippen molar-refractivity contribution < 1.29 is 9.53 Å². The highest BCUT2D eigenvalue weighted by molar-refractivity contribution is 5.94. The third-order valence-corrected chi connectivity index (χ3v) is 3.41. The van der Waals surface area contributed by atoms with Crippen LogP contribution in [0.2, 0.25) is 0 Å². The van der Waals surface area contributed by atoms with Crippen LogP contribution in [0.25, 0.3) is 0 Å². The van der Waals surface area contributed by atoms with E-state index < -0.39 is 6.10 Å². The molecule has 0 saturated heterocycles. The minimum absolute atomic E-state index is 0.164. The molecule has 2 heterocycles. The van der Waals surface area contributed by atoms with Crippen LogP contribution >= 0.6 is 0 Å². The Morgan fingerprint density at radius 1 is 1.45 bits per heavy atom. The van der Waals surface area contributed by atoms with Crippen LogP contribution in [0.1, 0.15) is 31.0 Å². The van der Waals surface area contributed by atoms with Gasteiger partial charge in [0.2, 0.25) is 0 Å². The average molecular weight is 271 g/mol. The van der Waals surface area contributed by atoms with Gasteiger partial charge in [-0.3, -0.25) is 9.89 Å². The maximum atomic E-state index is 12.2. The number of fused-ring (bicyclic) bond motifs is 1. The largest absolute Gasteiger partial charge is 0.480 e. The Morgan fingerprint density at radius 2 is 2.25 bits per heavy atom. The second-order valence-corrected chi connectivity index (χ2v) is 5.27. The molecule has 1 amide bonds. The van der Waals surface area contributed by atoms with Gasteiger partial charge in [0.15, 0.2) is 11.9 Å². The first-order valence-electron chi connectivity index (χ1n) is 6.74. The smallest absolute Gasteiger partial charge is 0.266 e. The fraction of sp³-hybridized carbons (Fsp3) is 0.333. The van der Waals surface area contributed by atoms with Gasteiger partial charge in [0.25, 0.3) is 5.91 Å². The number of hydrogen-bond donors (Lipinski definition) is 2. The third kappa shape index (κ3) is 2.39. The number of carbonyl (C=O) groups is 1. The molecule has 1 aromatic carbocycles. The van der Waals surface area contributed by atoms with Crippen molar-refractivity contribution >= 4 is 11.7 Å². The number of anilines is 1. The normalized spacial score (nSPS) is 16.9. The zero-order valence-electron chi connectivity index (χ0n) is 11.5. The summed E-state index contributed by atoms with van der Waals surface area (Å²) in [5.74, 6) is 1.51. The van der Waals surface area contributed by atoms with Crippen molar-refractivity contribution in [1.29, 1.82) is 0 Å². The number of nitrogens with one attached hydrogen (secondary N) is 2. The Hall–Kier alpha value is -2.30. The van der Waals surface area contributed by atoms with Crippen LogP contribution < -0.4 is 10.1 Å². The summed E-state index contributed by atoms with van der Waals surface area (Å²) < 4.78 is 5.65. The van der Waals surface area contributed by atoms with Crippen molar-refractivity contribution in [2.75, 3.05) is 5.32 Å². The van der Waals surface area contributed by atoms with E-state index in [4.69, 9.17) is 4.74 Å². The summed E-state index contributed by atoms with van der Waals surface area (Å²) in [5.41, 5.74) is 2.06. The molecule has 1 atom stereocenters. The molecule has 0 spiro atoms. The van der Waals surface area contributed by atoms with Gasteiger partial charge in [0.1, 0.15) is 5.75 Å². The summed E-state index contributed by atoms with van der Waals surface area (Å²) in [5, 5.41) is 9.79. The molecule has 0 radical (unpaired) electrons. The quantitative estimate of drug-likeness (QED) is 0.901. The Bertz CT molecular complexity index is 609. The fourth-order valence-electron chi connectivity index (χ4n) is 2.23. The maximum Gasteiger partial charge on any atom is 0.266 e. The fourth-order valence-corrected chi connectivity index (χ4v) is 2.23. The number of carbonyl (C=O) groups excluding carboxylic acids is 1. The lowest BCUT2D eigenvalue weighted by molar-refractivity contribution is -0.122. The number of para-hydroxylation sites is 1. The molecule has 0 fully saturated rings. The van der Waals surface area contributed by atoms with Crippen LogP contribution in [0, 0.1) is 0 Å². The maximum absolute atomic E-state index is 12.2. The number of H-pyrrole nitrogens is 1. The summed E-state index contributed by atoms with van der Waals surface area (Å²) in [6.07, 6.45) is 0.121. The van der Waals surface area contributed by atoms with Gasteiger partial charge in [-0.05, 0) is 17.5 Å². The van der Waals surface area contributed by atoms with E-state index >= 15 is 0 Å². The molecule has 1 aromatic heterocycles. The molecule has 1 aliphatic heterocycles. The predicted octanol–water partition coefficient (Wildman–Crippen LogP) is 2.48. The van der Waals surface area contributed by atoms with Crippen LogP contribution in [0.4, 0.5) is 5.82 Å². The molecular weight excluding hydrogens is 254 g/mol. The molecule has 0 aliphatic carbocycles. The lowest BCUT2D eigenvalue weighted by atomic mass is 10.1. The highest BCUT2D eigenvalue weighted by Gasteiger charge is 2.29. The number of ether oxygens (including phenoxy) is 1. The SMILES string of the molecule is CC(C)c1cc(NC(=O)[C@@H]2Cc3ccccc3O2)n[nH]1. The standard InChI is InChI=1S/C15H17N3O2/c1-9(2)11-8-14(18-17-11)16-15(19)13-7-10-5-3-4-6-12(10)20-13/h3-6,8-9,13H,7H2,1-2H3,(H2,16,17,18,19)/t13-/m0/s1. The molecule has 2 aromatic rings. The van der Waals surface area contributed by atoms with Gasteiger partial charge in [0, 0.05) is 18.2 Å². The second kappa shape index (κ2) is 5.00. The molecule has 5 heteroatoms. The molecule has 20 heavy (non-hydrogen) atoms. The van der Waals surface area contributed by atoms with Crippen LogP contribution in [-0.4, -0.2) is 22.2 Å². The molecule has 0 saturated carbocycles. The lowest BCUT2D eigenvalue weighted by Gasteiger charge is -2.09. The van der Waals surface area contributed by atoms with Crippen molar-refractivity contribution in [3.63, 3.8) is 0 Å². The topological polar surface area (TPSA) is 67.0 Å². The molecule has 0 bridgehead atoms. The summed E-state index contributed by atoms with van der Waals surface area (Å²) in [6.45, 7) is 4.13. The van der Waals surface area contributed by atoms with E-state index in [0.717, 1.165) is 17.0 Å². The highest BCUT2D eigenvalue weighted by Crippen LogP contribution is 2.28. The number of rotatable bonds is 3. The van der Waals surface area contributed by atoms with Crippen LogP contribution in [0.5, 0.6) is 5.75 Å². The molecule has 5 nitrogen and oxygen atoms in total. The van der Waals surface area contributed by atoms with E-state index in [2.05, 4.69) is 29.4 Å². The van der Waals surface area contributed by atoms with Gasteiger partial charge in [-0.1, -0.05) is 32.0 Å². The van der Waals surface area contributed by atoms with E-state index in [1.807, 2.05) is 30.3 Å². The zero-order chi connectivity index (χ0) is 14.1. The van der Waals surface area contributed by atoms with E-state index in [9.17, 15) is 4.79 Å². The Kier molecular flexibility index (Phi) is 3.18. The first-order chi connectivity index (χ1) is 9.63. The van der Waals surface area contributed by atoms with Gasteiger partial charge in [0.05, 0.1) is 0 Å². The summed E-state index contributed by atoms with van der Waals surface area (Å²) >= 11 is 0. The van der Waals surface area contributed by atoms with E-state index in [1.165, 1.54) is 0 Å². The van der Waals surface area contributed by atoms with Crippen molar-refractivity contribution in [3.05, 3.63) is 41.6 Å². The first kappa shape index (κ1) is 12.7. The van der Waals surface area contributed by atoms with Crippen molar-refractivity contribution in [2.45, 2.75) is 32.3 Å². The second-order valence-electron chi connectivity index (χ2n) is 5.27. The lowest BCUT2D eigenvalue weighted by Crippen LogP contribution is -2.31. The summed E-state index contributed by atoms with van der Waals surface area (Å²) in [4.78, 5) is 12.2. The van der Waals surface area contributed by atoms with Crippen molar-refractivity contribution in [2.24, 2.45) is 0 Å². The zero-order valence-corrected chi connectivity index (χ0v) is 11.5. The number of aromatic amines is 1. The molecule has 2 N–H and O–H groups in total. The Labute approximate surface area is 117 Å². The Balaban J connectivity index is 1.66. The van der Waals surface area contributed by atoms with Crippen molar-refractivity contribution in [3.8, 4) is 5.75 Å². The number of amides is 1. The molecular formula is C15H17N3O2. The number of benzene rings is 1. The Morgan fingerprint density at radius 3 is 2.95 bits per heavy atom. The number of hydrogen-bond acceptors (Lipinski definition) is 3. The minimum Gasteiger partial charge on any atom is -0.480 e. The van der Waals surface area contributed by atoms with E-state index in [1.54, 1.807) is 0 Å². The average Bonchev–Trinajstić information content (AvgIpc) is 3.04. The van der Waals surface area contributed by atoms with E-state index in [0.29, 0.717) is 18.2 Å². The molecule has 0 unspecified atom stereocenters. The minimum atomic E-state index is -0.480. The first-order valence-corrected chi connectivity index (χ1v) is 6.74. The van der Waals surface area contributed by atoms with Gasteiger partial charge in [-0.25, -0.2) is 0 Å². The monoisotopic (exact) mass is 271 g/mol. The van der Waals surface area contributed by atoms with Crippen LogP contribution in [0.3, 0.4) is 0 Å². The van der Waals surface area contributed by atoms with Crippen molar-refractivity contribution in [1.82, 2.24) is 10.2 Å². The van der Waals surface area contributed by atoms with Gasteiger partial charge >= 0.3 is 0 Å². The predicted molar refractivity (Wildman–Crippen MR) is 75.9 cm³/mol. The molecule has 1 aliphatic rings. The van der Waals surface area contributed by atoms with E-state index in [-0.39, 0.29) is 5.91 Å². The summed E-state index contributed by atoms with van der Waals surface area (Å²) in [7, 11) is 0. The molecule has 104 valence electrons. The third-order valence-electron chi connectivity index (χ3n) is 3.41. The van der Waals surface area contributed by atoms with Gasteiger partial charge in [-0.2, -0.15) is 5.10 Å². The van der Waals surface area contributed by atoms with Gasteiger partial charge < -0.3 is 10.1 Å². The molecule has 3 rings (SSSR count). The van der Waals surface area contributed by atoms with Crippen LogP contribution in [-0.2, 0) is 11.2 Å². The number of nitrogens with zero attached hydrogens (tertiary/aromatic N) is 1. The summed E-state index contributed by atoms with van der Waals surface area (Å²) in [6, 6.07) is 9.57. The van der Waals surface area contributed by atoms with Crippen LogP contribution in [0.15, 0.2) is 30.3 Å². The van der Waals surface area contributed by atoms with Gasteiger partial charge in [-0.15, -0.1) is 0 Å².